The van der Waals surface area contributed by atoms with Gasteiger partial charge in [0.15, 0.2) is 0 Å². The standard InChI is InChI=1S/C14H13NO5/c16-14(17)13-7-11(15-20-13)10-3-1-2-4-12(10)19-9-5-6-18-8-9/h1-4,7,9H,5-6,8H2,(H,16,17). The number of ether oxygens (including phenoxy) is 2. The Morgan fingerprint density at radius 2 is 2.25 bits per heavy atom. The molecule has 20 heavy (non-hydrogen) atoms. The molecule has 2 aromatic rings. The van der Waals surface area contributed by atoms with Crippen LogP contribution in [0.4, 0.5) is 0 Å². The Bertz CT molecular complexity index is 616. The lowest BCUT2D eigenvalue weighted by molar-refractivity contribution is 0.0652. The molecule has 1 aliphatic rings. The van der Waals surface area contributed by atoms with Crippen LogP contribution in [0.1, 0.15) is 17.0 Å². The van der Waals surface area contributed by atoms with Gasteiger partial charge in [0.05, 0.1) is 13.2 Å². The van der Waals surface area contributed by atoms with Crippen LogP contribution in [-0.2, 0) is 4.74 Å². The highest BCUT2D eigenvalue weighted by atomic mass is 16.5. The SMILES string of the molecule is O=C(O)c1cc(-c2ccccc2OC2CCOC2)no1. The maximum Gasteiger partial charge on any atom is 0.374 e. The smallest absolute Gasteiger partial charge is 0.374 e. The molecule has 6 heteroatoms. The molecule has 1 aromatic carbocycles. The highest BCUT2D eigenvalue weighted by Crippen LogP contribution is 2.31. The lowest BCUT2D eigenvalue weighted by Gasteiger charge is -2.14. The molecular formula is C14H13NO5. The minimum atomic E-state index is -1.15. The Hall–Kier alpha value is -2.34. The molecular weight excluding hydrogens is 262 g/mol. The zero-order chi connectivity index (χ0) is 13.9. The molecule has 1 aliphatic heterocycles. The predicted molar refractivity (Wildman–Crippen MR) is 68.8 cm³/mol. The molecule has 0 aliphatic carbocycles. The molecule has 3 rings (SSSR count). The topological polar surface area (TPSA) is 81.8 Å². The van der Waals surface area contributed by atoms with E-state index in [-0.39, 0.29) is 11.9 Å². The Kier molecular flexibility index (Phi) is 3.39. The van der Waals surface area contributed by atoms with Gasteiger partial charge in [-0.25, -0.2) is 4.79 Å². The number of nitrogens with zero attached hydrogens (tertiary/aromatic N) is 1. The largest absolute Gasteiger partial charge is 0.487 e. The molecule has 1 unspecified atom stereocenters. The van der Waals surface area contributed by atoms with Crippen molar-refractivity contribution >= 4 is 5.97 Å². The second-order valence-electron chi connectivity index (χ2n) is 4.48. The number of rotatable bonds is 4. The van der Waals surface area contributed by atoms with Crippen LogP contribution in [0.25, 0.3) is 11.3 Å². The van der Waals surface area contributed by atoms with E-state index in [1.54, 1.807) is 0 Å². The van der Waals surface area contributed by atoms with Gasteiger partial charge in [0, 0.05) is 18.1 Å². The van der Waals surface area contributed by atoms with Crippen LogP contribution in [0.15, 0.2) is 34.9 Å². The summed E-state index contributed by atoms with van der Waals surface area (Å²) >= 11 is 0. The van der Waals surface area contributed by atoms with Gasteiger partial charge in [0.25, 0.3) is 0 Å². The summed E-state index contributed by atoms with van der Waals surface area (Å²) in [5, 5.41) is 12.6. The van der Waals surface area contributed by atoms with Gasteiger partial charge >= 0.3 is 5.97 Å². The molecule has 1 fully saturated rings. The number of para-hydroxylation sites is 1. The van der Waals surface area contributed by atoms with Crippen molar-refractivity contribution in [3.8, 4) is 17.0 Å². The Morgan fingerprint density at radius 1 is 1.40 bits per heavy atom. The Labute approximate surface area is 114 Å². The van der Waals surface area contributed by atoms with E-state index in [0.717, 1.165) is 6.42 Å². The molecule has 0 amide bonds. The monoisotopic (exact) mass is 275 g/mol. The van der Waals surface area contributed by atoms with Crippen molar-refractivity contribution in [1.29, 1.82) is 0 Å². The highest BCUT2D eigenvalue weighted by Gasteiger charge is 2.20. The van der Waals surface area contributed by atoms with Crippen LogP contribution in [-0.4, -0.2) is 35.6 Å². The zero-order valence-electron chi connectivity index (χ0n) is 10.6. The summed E-state index contributed by atoms with van der Waals surface area (Å²) < 4.78 is 15.9. The molecule has 1 aromatic heterocycles. The molecule has 6 nitrogen and oxygen atoms in total. The number of hydrogen-bond donors (Lipinski definition) is 1. The zero-order valence-corrected chi connectivity index (χ0v) is 10.6. The summed E-state index contributed by atoms with van der Waals surface area (Å²) in [6.07, 6.45) is 0.857. The second kappa shape index (κ2) is 5.34. The Balaban J connectivity index is 1.89. The first kappa shape index (κ1) is 12.7. The van der Waals surface area contributed by atoms with E-state index in [4.69, 9.17) is 19.1 Å². The van der Waals surface area contributed by atoms with Crippen molar-refractivity contribution < 1.29 is 23.9 Å². The van der Waals surface area contributed by atoms with Gasteiger partial charge < -0.3 is 19.1 Å². The van der Waals surface area contributed by atoms with Gasteiger partial charge in [-0.2, -0.15) is 0 Å². The summed E-state index contributed by atoms with van der Waals surface area (Å²) in [7, 11) is 0. The maximum atomic E-state index is 10.8. The van der Waals surface area contributed by atoms with E-state index in [1.807, 2.05) is 24.3 Å². The second-order valence-corrected chi connectivity index (χ2v) is 4.48. The van der Waals surface area contributed by atoms with Crippen molar-refractivity contribution in [1.82, 2.24) is 5.16 Å². The molecule has 0 radical (unpaired) electrons. The number of carboxylic acids is 1. The number of carboxylic acid groups (broad SMARTS) is 1. The Morgan fingerprint density at radius 3 is 2.95 bits per heavy atom. The van der Waals surface area contributed by atoms with E-state index in [0.29, 0.717) is 30.2 Å². The summed E-state index contributed by atoms with van der Waals surface area (Å²) in [4.78, 5) is 10.8. The third-order valence-electron chi connectivity index (χ3n) is 3.07. The van der Waals surface area contributed by atoms with Gasteiger partial charge in [-0.3, -0.25) is 0 Å². The first-order valence-corrected chi connectivity index (χ1v) is 6.28. The molecule has 0 saturated carbocycles. The average Bonchev–Trinajstić information content (AvgIpc) is 3.10. The summed E-state index contributed by atoms with van der Waals surface area (Å²) in [5.41, 5.74) is 1.15. The number of hydrogen-bond acceptors (Lipinski definition) is 5. The molecule has 1 atom stereocenters. The van der Waals surface area contributed by atoms with E-state index < -0.39 is 5.97 Å². The third-order valence-corrected chi connectivity index (χ3v) is 3.07. The van der Waals surface area contributed by atoms with Crippen molar-refractivity contribution in [3.63, 3.8) is 0 Å². The van der Waals surface area contributed by atoms with Gasteiger partial charge in [-0.05, 0) is 12.1 Å². The predicted octanol–water partition coefficient (Wildman–Crippen LogP) is 2.21. The minimum Gasteiger partial charge on any atom is -0.487 e. The van der Waals surface area contributed by atoms with Crippen LogP contribution < -0.4 is 4.74 Å². The van der Waals surface area contributed by atoms with Gasteiger partial charge in [-0.1, -0.05) is 17.3 Å². The summed E-state index contributed by atoms with van der Waals surface area (Å²) in [6.45, 7) is 1.26. The number of aromatic carboxylic acids is 1. The first-order chi connectivity index (χ1) is 9.74. The van der Waals surface area contributed by atoms with Crippen molar-refractivity contribution in [2.45, 2.75) is 12.5 Å². The van der Waals surface area contributed by atoms with Crippen LogP contribution in [0.5, 0.6) is 5.75 Å². The molecule has 1 saturated heterocycles. The van der Waals surface area contributed by atoms with Gasteiger partial charge in [0.2, 0.25) is 5.76 Å². The van der Waals surface area contributed by atoms with Crippen LogP contribution >= 0.6 is 0 Å². The van der Waals surface area contributed by atoms with Crippen LogP contribution in [0.3, 0.4) is 0 Å². The van der Waals surface area contributed by atoms with Crippen LogP contribution in [0.2, 0.25) is 0 Å². The molecule has 0 bridgehead atoms. The fourth-order valence-electron chi connectivity index (χ4n) is 2.07. The van der Waals surface area contributed by atoms with Crippen LogP contribution in [0, 0.1) is 0 Å². The van der Waals surface area contributed by atoms with E-state index >= 15 is 0 Å². The van der Waals surface area contributed by atoms with Crippen molar-refractivity contribution in [3.05, 3.63) is 36.1 Å². The lowest BCUT2D eigenvalue weighted by atomic mass is 10.1. The van der Waals surface area contributed by atoms with E-state index in [9.17, 15) is 4.79 Å². The van der Waals surface area contributed by atoms with E-state index in [1.165, 1.54) is 6.07 Å². The summed E-state index contributed by atoms with van der Waals surface area (Å²) in [6, 6.07) is 8.71. The van der Waals surface area contributed by atoms with Crippen molar-refractivity contribution in [2.24, 2.45) is 0 Å². The normalized spacial score (nSPS) is 18.1. The van der Waals surface area contributed by atoms with Gasteiger partial charge in [0.1, 0.15) is 17.5 Å². The molecule has 2 heterocycles. The highest BCUT2D eigenvalue weighted by molar-refractivity contribution is 5.86. The molecule has 104 valence electrons. The molecule has 1 N–H and O–H groups in total. The van der Waals surface area contributed by atoms with E-state index in [2.05, 4.69) is 5.16 Å². The molecule has 0 spiro atoms. The fourth-order valence-corrected chi connectivity index (χ4v) is 2.07. The van der Waals surface area contributed by atoms with Gasteiger partial charge in [-0.15, -0.1) is 0 Å². The fraction of sp³-hybridized carbons (Fsp3) is 0.286. The number of benzene rings is 1. The quantitative estimate of drug-likeness (QED) is 0.921. The number of aromatic nitrogens is 1. The third kappa shape index (κ3) is 2.50. The lowest BCUT2D eigenvalue weighted by Crippen LogP contribution is -2.16. The number of carbonyl (C=O) groups is 1. The minimum absolute atomic E-state index is 0.0157. The summed E-state index contributed by atoms with van der Waals surface area (Å²) in [5.74, 6) is -0.696. The van der Waals surface area contributed by atoms with Crippen molar-refractivity contribution in [2.75, 3.05) is 13.2 Å². The first-order valence-electron chi connectivity index (χ1n) is 6.28. The average molecular weight is 275 g/mol. The maximum absolute atomic E-state index is 10.8.